The SMILES string of the molecule is Ic1nnc(C2CCSC2)o1. The second-order valence-corrected chi connectivity index (χ2v) is 4.53. The molecule has 3 nitrogen and oxygen atoms in total. The summed E-state index contributed by atoms with van der Waals surface area (Å²) in [7, 11) is 0. The predicted octanol–water partition coefficient (Wildman–Crippen LogP) is 1.89. The van der Waals surface area contributed by atoms with Crippen LogP contribution in [0.15, 0.2) is 4.42 Å². The van der Waals surface area contributed by atoms with E-state index in [-0.39, 0.29) is 0 Å². The van der Waals surface area contributed by atoms with E-state index in [2.05, 4.69) is 10.2 Å². The van der Waals surface area contributed by atoms with E-state index in [1.54, 1.807) is 0 Å². The summed E-state index contributed by atoms with van der Waals surface area (Å²) in [6.07, 6.45) is 1.18. The van der Waals surface area contributed by atoms with Crippen LogP contribution in [-0.2, 0) is 0 Å². The molecule has 0 amide bonds. The third-order valence-electron chi connectivity index (χ3n) is 1.69. The number of hydrogen-bond donors (Lipinski definition) is 0. The fraction of sp³-hybridized carbons (Fsp3) is 0.667. The molecule has 5 heteroatoms. The Balaban J connectivity index is 2.15. The monoisotopic (exact) mass is 282 g/mol. The lowest BCUT2D eigenvalue weighted by Crippen LogP contribution is -1.95. The molecule has 1 fully saturated rings. The van der Waals surface area contributed by atoms with E-state index in [0.717, 1.165) is 11.6 Å². The van der Waals surface area contributed by atoms with Gasteiger partial charge in [0.05, 0.1) is 0 Å². The van der Waals surface area contributed by atoms with Gasteiger partial charge in [0, 0.05) is 34.3 Å². The van der Waals surface area contributed by atoms with E-state index < -0.39 is 0 Å². The van der Waals surface area contributed by atoms with Gasteiger partial charge in [0.1, 0.15) is 0 Å². The van der Waals surface area contributed by atoms with Gasteiger partial charge in [-0.3, -0.25) is 0 Å². The highest BCUT2D eigenvalue weighted by molar-refractivity contribution is 14.1. The molecule has 1 unspecified atom stereocenters. The summed E-state index contributed by atoms with van der Waals surface area (Å²) in [6.45, 7) is 0. The number of nitrogens with zero attached hydrogens (tertiary/aromatic N) is 2. The molecule has 0 aromatic carbocycles. The van der Waals surface area contributed by atoms with Crippen molar-refractivity contribution in [3.8, 4) is 0 Å². The second-order valence-electron chi connectivity index (χ2n) is 2.45. The minimum absolute atomic E-state index is 0.510. The Morgan fingerprint density at radius 2 is 2.45 bits per heavy atom. The second kappa shape index (κ2) is 3.30. The van der Waals surface area contributed by atoms with Gasteiger partial charge in [-0.05, 0) is 12.2 Å². The smallest absolute Gasteiger partial charge is 0.278 e. The molecule has 11 heavy (non-hydrogen) atoms. The summed E-state index contributed by atoms with van der Waals surface area (Å²) < 4.78 is 5.97. The first-order chi connectivity index (χ1) is 5.36. The highest BCUT2D eigenvalue weighted by Gasteiger charge is 2.22. The molecule has 1 aliphatic rings. The molecular weight excluding hydrogens is 275 g/mol. The molecule has 0 bridgehead atoms. The van der Waals surface area contributed by atoms with Gasteiger partial charge in [-0.15, -0.1) is 10.2 Å². The standard InChI is InChI=1S/C6H7IN2OS/c7-6-9-8-5(10-6)4-1-2-11-3-4/h4H,1-3H2. The first kappa shape index (κ1) is 7.85. The molecule has 0 radical (unpaired) electrons. The molecule has 0 aliphatic carbocycles. The van der Waals surface area contributed by atoms with Gasteiger partial charge in [0.15, 0.2) is 0 Å². The Bertz CT molecular complexity index is 246. The third kappa shape index (κ3) is 1.69. The Labute approximate surface area is 82.5 Å². The minimum atomic E-state index is 0.510. The molecular formula is C6H7IN2OS. The summed E-state index contributed by atoms with van der Waals surface area (Å²) in [5.74, 6) is 3.69. The zero-order valence-corrected chi connectivity index (χ0v) is 8.76. The fourth-order valence-corrected chi connectivity index (χ4v) is 2.66. The maximum Gasteiger partial charge on any atom is 0.278 e. The average Bonchev–Trinajstić information content (AvgIpc) is 2.55. The molecule has 1 aromatic heterocycles. The van der Waals surface area contributed by atoms with E-state index in [1.165, 1.54) is 12.2 Å². The summed E-state index contributed by atoms with van der Waals surface area (Å²) in [4.78, 5) is 0. The van der Waals surface area contributed by atoms with Crippen molar-refractivity contribution < 1.29 is 4.42 Å². The third-order valence-corrected chi connectivity index (χ3v) is 3.29. The van der Waals surface area contributed by atoms with Crippen LogP contribution in [0.2, 0.25) is 0 Å². The maximum absolute atomic E-state index is 5.32. The van der Waals surface area contributed by atoms with E-state index >= 15 is 0 Å². The van der Waals surface area contributed by atoms with E-state index in [9.17, 15) is 0 Å². The number of hydrogen-bond acceptors (Lipinski definition) is 4. The lowest BCUT2D eigenvalue weighted by atomic mass is 10.1. The summed E-state index contributed by atoms with van der Waals surface area (Å²) >= 11 is 4.00. The molecule has 60 valence electrons. The van der Waals surface area contributed by atoms with Crippen LogP contribution in [0.5, 0.6) is 0 Å². The first-order valence-corrected chi connectivity index (χ1v) is 5.66. The molecule has 0 N–H and O–H groups in total. The molecule has 2 heterocycles. The number of rotatable bonds is 1. The zero-order valence-electron chi connectivity index (χ0n) is 5.79. The summed E-state index contributed by atoms with van der Waals surface area (Å²) in [5, 5.41) is 7.78. The van der Waals surface area contributed by atoms with Crippen molar-refractivity contribution in [2.75, 3.05) is 11.5 Å². The Morgan fingerprint density at radius 3 is 3.00 bits per heavy atom. The average molecular weight is 282 g/mol. The fourth-order valence-electron chi connectivity index (χ4n) is 1.11. The highest BCUT2D eigenvalue weighted by Crippen LogP contribution is 2.31. The molecule has 2 rings (SSSR count). The molecule has 1 saturated heterocycles. The van der Waals surface area contributed by atoms with Crippen LogP contribution in [0.1, 0.15) is 18.2 Å². The van der Waals surface area contributed by atoms with Gasteiger partial charge < -0.3 is 4.42 Å². The highest BCUT2D eigenvalue weighted by atomic mass is 127. The van der Waals surface area contributed by atoms with Gasteiger partial charge >= 0.3 is 0 Å². The molecule has 1 atom stereocenters. The maximum atomic E-state index is 5.32. The van der Waals surface area contributed by atoms with E-state index in [0.29, 0.717) is 9.82 Å². The van der Waals surface area contributed by atoms with Crippen molar-refractivity contribution in [2.24, 2.45) is 0 Å². The summed E-state index contributed by atoms with van der Waals surface area (Å²) in [5.41, 5.74) is 0. The largest absolute Gasteiger partial charge is 0.416 e. The van der Waals surface area contributed by atoms with Gasteiger partial charge in [-0.25, -0.2) is 0 Å². The molecule has 0 saturated carbocycles. The van der Waals surface area contributed by atoms with Crippen LogP contribution >= 0.6 is 34.4 Å². The van der Waals surface area contributed by atoms with Crippen LogP contribution in [0, 0.1) is 3.90 Å². The normalized spacial score (nSPS) is 24.3. The number of thioether (sulfide) groups is 1. The molecule has 1 aliphatic heterocycles. The van der Waals surface area contributed by atoms with Crippen LogP contribution in [0.3, 0.4) is 0 Å². The van der Waals surface area contributed by atoms with Crippen molar-refractivity contribution in [2.45, 2.75) is 12.3 Å². The van der Waals surface area contributed by atoms with Gasteiger partial charge in [-0.1, -0.05) is 0 Å². The van der Waals surface area contributed by atoms with Gasteiger partial charge in [0.25, 0.3) is 3.90 Å². The van der Waals surface area contributed by atoms with Crippen molar-refractivity contribution in [1.82, 2.24) is 10.2 Å². The van der Waals surface area contributed by atoms with Crippen LogP contribution in [0.4, 0.5) is 0 Å². The number of halogens is 1. The van der Waals surface area contributed by atoms with Crippen molar-refractivity contribution >= 4 is 34.4 Å². The quantitative estimate of drug-likeness (QED) is 0.737. The summed E-state index contributed by atoms with van der Waals surface area (Å²) in [6, 6.07) is 0. The molecule has 1 aromatic rings. The Morgan fingerprint density at radius 1 is 1.55 bits per heavy atom. The molecule has 0 spiro atoms. The lowest BCUT2D eigenvalue weighted by molar-refractivity contribution is 0.441. The topological polar surface area (TPSA) is 38.9 Å². The zero-order chi connectivity index (χ0) is 7.68. The van der Waals surface area contributed by atoms with E-state index in [1.807, 2.05) is 34.4 Å². The van der Waals surface area contributed by atoms with Crippen molar-refractivity contribution in [1.29, 1.82) is 0 Å². The van der Waals surface area contributed by atoms with Gasteiger partial charge in [-0.2, -0.15) is 11.8 Å². The lowest BCUT2D eigenvalue weighted by Gasteiger charge is -1.98. The van der Waals surface area contributed by atoms with Crippen molar-refractivity contribution in [3.05, 3.63) is 9.79 Å². The first-order valence-electron chi connectivity index (χ1n) is 3.43. The van der Waals surface area contributed by atoms with Crippen molar-refractivity contribution in [3.63, 3.8) is 0 Å². The van der Waals surface area contributed by atoms with Gasteiger partial charge in [0.2, 0.25) is 5.89 Å². The van der Waals surface area contributed by atoms with Crippen LogP contribution < -0.4 is 0 Å². The Hall–Kier alpha value is 0.220. The van der Waals surface area contributed by atoms with E-state index in [4.69, 9.17) is 4.42 Å². The predicted molar refractivity (Wildman–Crippen MR) is 51.7 cm³/mol. The van der Waals surface area contributed by atoms with Crippen LogP contribution in [-0.4, -0.2) is 21.7 Å². The van der Waals surface area contributed by atoms with Crippen LogP contribution in [0.25, 0.3) is 0 Å². The minimum Gasteiger partial charge on any atom is -0.416 e. The number of aromatic nitrogens is 2. The Kier molecular flexibility index (Phi) is 2.36.